The van der Waals surface area contributed by atoms with Gasteiger partial charge in [0.15, 0.2) is 0 Å². The van der Waals surface area contributed by atoms with Crippen LogP contribution in [0.2, 0.25) is 0 Å². The zero-order valence-electron chi connectivity index (χ0n) is 52.4. The van der Waals surface area contributed by atoms with Gasteiger partial charge in [-0.1, -0.05) is 271 Å². The SMILES string of the molecule is CCCCCCCCCCCCc1cc(-c2cc(C)cc(-n3c4ccccc4c4cc(-c5ccc(N(c6ccc(-c7ccccc7)cc6)c6ccc7c(c6)C(C)(C)c6ccccc6-7)cc5)ccc43)c2)c(CCCCCCCCCCCC)cc1C. The van der Waals surface area contributed by atoms with Gasteiger partial charge >= 0.3 is 0 Å². The van der Waals surface area contributed by atoms with Gasteiger partial charge in [-0.3, -0.25) is 0 Å². The maximum Gasteiger partial charge on any atom is 0.0541 e. The van der Waals surface area contributed by atoms with Gasteiger partial charge in [-0.2, -0.15) is 0 Å². The maximum atomic E-state index is 2.61. The molecule has 0 radical (unpaired) electrons. The zero-order chi connectivity index (χ0) is 58.5. The summed E-state index contributed by atoms with van der Waals surface area (Å²) in [6.45, 7) is 14.1. The summed E-state index contributed by atoms with van der Waals surface area (Å²) in [6, 6.07) is 73.8. The normalized spacial score (nSPS) is 12.5. The van der Waals surface area contributed by atoms with Gasteiger partial charge in [0.2, 0.25) is 0 Å². The predicted molar refractivity (Wildman–Crippen MR) is 370 cm³/mol. The molecule has 2 heteroatoms. The second-order valence-electron chi connectivity index (χ2n) is 25.6. The van der Waals surface area contributed by atoms with Crippen molar-refractivity contribution < 1.29 is 0 Å². The Bertz CT molecular complexity index is 3800. The highest BCUT2D eigenvalue weighted by Gasteiger charge is 2.36. The van der Waals surface area contributed by atoms with Crippen LogP contribution in [0.3, 0.4) is 0 Å². The highest BCUT2D eigenvalue weighted by Crippen LogP contribution is 2.51. The molecule has 0 amide bonds. The molecule has 0 saturated carbocycles. The van der Waals surface area contributed by atoms with E-state index in [0.717, 1.165) is 29.9 Å². The summed E-state index contributed by atoms with van der Waals surface area (Å²) in [5, 5.41) is 2.56. The summed E-state index contributed by atoms with van der Waals surface area (Å²) < 4.78 is 2.53. The number of rotatable bonds is 29. The number of fused-ring (bicyclic) bond motifs is 6. The summed E-state index contributed by atoms with van der Waals surface area (Å²) in [5.74, 6) is 0. The fourth-order valence-corrected chi connectivity index (χ4v) is 14.2. The first kappa shape index (κ1) is 59.3. The molecule has 1 aliphatic rings. The van der Waals surface area contributed by atoms with Crippen molar-refractivity contribution >= 4 is 38.9 Å². The van der Waals surface area contributed by atoms with E-state index in [4.69, 9.17) is 0 Å². The number of hydrogen-bond donors (Lipinski definition) is 0. The quantitative estimate of drug-likeness (QED) is 0.0424. The molecular formula is C83H94N2. The predicted octanol–water partition coefficient (Wildman–Crippen LogP) is 25.1. The lowest BCUT2D eigenvalue weighted by Crippen LogP contribution is -2.16. The highest BCUT2D eigenvalue weighted by atomic mass is 15.1. The summed E-state index contributed by atoms with van der Waals surface area (Å²) in [4.78, 5) is 2.43. The van der Waals surface area contributed by atoms with Crippen molar-refractivity contribution in [2.45, 2.75) is 188 Å². The molecule has 0 saturated heterocycles. The fourth-order valence-electron chi connectivity index (χ4n) is 14.2. The minimum atomic E-state index is -0.107. The van der Waals surface area contributed by atoms with Crippen LogP contribution in [0, 0.1) is 13.8 Å². The third kappa shape index (κ3) is 13.7. The molecule has 1 heterocycles. The van der Waals surface area contributed by atoms with Crippen LogP contribution >= 0.6 is 0 Å². The standard InChI is InChI=1S/C83H94N2/c1-7-9-11-13-15-17-19-21-23-26-36-66-58-77(68(56-62(66)4)37-27-24-22-20-18-16-14-12-10-8-2)69-54-61(3)55-73(57-69)85-81-41-33-31-39-76(81)78-59-67(46-53-82(78)85)65-44-49-71(50-45-65)84(70-47-42-64(43-48-70)63-34-28-25-29-35-63)72-51-52-75-74-38-30-32-40-79(74)83(5,6)80(75)60-72/h25,28-35,38-60H,7-24,26-27,36-37H2,1-6H3. The van der Waals surface area contributed by atoms with Gasteiger partial charge in [-0.15, -0.1) is 0 Å². The largest absolute Gasteiger partial charge is 0.310 e. The van der Waals surface area contributed by atoms with E-state index in [0.29, 0.717) is 0 Å². The van der Waals surface area contributed by atoms with Crippen molar-refractivity contribution in [3.8, 4) is 50.2 Å². The van der Waals surface area contributed by atoms with Crippen LogP contribution < -0.4 is 4.90 Å². The second-order valence-corrected chi connectivity index (χ2v) is 25.6. The van der Waals surface area contributed by atoms with E-state index >= 15 is 0 Å². The molecule has 0 N–H and O–H groups in total. The summed E-state index contributed by atoms with van der Waals surface area (Å²) in [6.07, 6.45) is 29.6. The molecular weight excluding hydrogens is 1020 g/mol. The van der Waals surface area contributed by atoms with Crippen molar-refractivity contribution in [3.63, 3.8) is 0 Å². The molecule has 0 bridgehead atoms. The van der Waals surface area contributed by atoms with Crippen molar-refractivity contribution in [1.29, 1.82) is 0 Å². The van der Waals surface area contributed by atoms with E-state index in [2.05, 4.69) is 245 Å². The Hall–Kier alpha value is -7.42. The van der Waals surface area contributed by atoms with Crippen molar-refractivity contribution in [3.05, 3.63) is 228 Å². The zero-order valence-corrected chi connectivity index (χ0v) is 52.4. The number of para-hydroxylation sites is 1. The van der Waals surface area contributed by atoms with Crippen molar-refractivity contribution in [2.24, 2.45) is 0 Å². The molecule has 0 atom stereocenters. The van der Waals surface area contributed by atoms with E-state index in [-0.39, 0.29) is 5.41 Å². The lowest BCUT2D eigenvalue weighted by molar-refractivity contribution is 0.555. The lowest BCUT2D eigenvalue weighted by atomic mass is 9.82. The van der Waals surface area contributed by atoms with Gasteiger partial charge in [-0.05, 0) is 184 Å². The molecule has 0 spiro atoms. The van der Waals surface area contributed by atoms with Crippen LogP contribution in [0.1, 0.15) is 189 Å². The van der Waals surface area contributed by atoms with Gasteiger partial charge in [0.25, 0.3) is 0 Å². The molecule has 11 rings (SSSR count). The Labute approximate surface area is 511 Å². The minimum absolute atomic E-state index is 0.107. The maximum absolute atomic E-state index is 2.61. The fraction of sp³-hybridized carbons (Fsp3) is 0.349. The Morgan fingerprint density at radius 3 is 1.49 bits per heavy atom. The average molecular weight is 1120 g/mol. The first-order chi connectivity index (χ1) is 41.7. The van der Waals surface area contributed by atoms with Crippen LogP contribution in [-0.2, 0) is 18.3 Å². The molecule has 1 aromatic heterocycles. The van der Waals surface area contributed by atoms with Gasteiger partial charge in [0, 0.05) is 38.9 Å². The summed E-state index contributed by atoms with van der Waals surface area (Å²) in [7, 11) is 0. The summed E-state index contributed by atoms with van der Waals surface area (Å²) in [5.41, 5.74) is 25.9. The molecule has 10 aromatic rings. The topological polar surface area (TPSA) is 8.17 Å². The molecule has 9 aromatic carbocycles. The van der Waals surface area contributed by atoms with Crippen LogP contribution in [0.5, 0.6) is 0 Å². The number of aryl methyl sites for hydroxylation is 4. The first-order valence-corrected chi connectivity index (χ1v) is 33.3. The van der Waals surface area contributed by atoms with E-state index < -0.39 is 0 Å². The number of unbranched alkanes of at least 4 members (excludes halogenated alkanes) is 18. The van der Waals surface area contributed by atoms with E-state index in [9.17, 15) is 0 Å². The monoisotopic (exact) mass is 1120 g/mol. The first-order valence-electron chi connectivity index (χ1n) is 33.3. The number of nitrogens with zero attached hydrogens (tertiary/aromatic N) is 2. The van der Waals surface area contributed by atoms with E-state index in [1.165, 1.54) is 234 Å². The smallest absolute Gasteiger partial charge is 0.0541 e. The molecule has 0 fully saturated rings. The van der Waals surface area contributed by atoms with Crippen LogP contribution in [0.4, 0.5) is 17.1 Å². The second kappa shape index (κ2) is 28.2. The molecule has 85 heavy (non-hydrogen) atoms. The Kier molecular flexibility index (Phi) is 19.7. The molecule has 0 unspecified atom stereocenters. The third-order valence-corrected chi connectivity index (χ3v) is 19.0. The molecule has 0 aliphatic heterocycles. The Balaban J connectivity index is 0.886. The van der Waals surface area contributed by atoms with E-state index in [1.807, 2.05) is 0 Å². The Morgan fingerprint density at radius 2 is 0.847 bits per heavy atom. The van der Waals surface area contributed by atoms with Crippen LogP contribution in [0.25, 0.3) is 72.0 Å². The van der Waals surface area contributed by atoms with Gasteiger partial charge in [0.05, 0.1) is 11.0 Å². The van der Waals surface area contributed by atoms with Gasteiger partial charge in [0.1, 0.15) is 0 Å². The van der Waals surface area contributed by atoms with Gasteiger partial charge < -0.3 is 9.47 Å². The van der Waals surface area contributed by atoms with Crippen molar-refractivity contribution in [1.82, 2.24) is 4.57 Å². The average Bonchev–Trinajstić information content (AvgIpc) is 2.95. The number of hydrogen-bond acceptors (Lipinski definition) is 1. The third-order valence-electron chi connectivity index (χ3n) is 19.0. The van der Waals surface area contributed by atoms with Crippen molar-refractivity contribution in [2.75, 3.05) is 4.90 Å². The van der Waals surface area contributed by atoms with Gasteiger partial charge in [-0.25, -0.2) is 0 Å². The number of anilines is 3. The van der Waals surface area contributed by atoms with Crippen LogP contribution in [-0.4, -0.2) is 4.57 Å². The minimum Gasteiger partial charge on any atom is -0.310 e. The molecule has 1 aliphatic carbocycles. The lowest BCUT2D eigenvalue weighted by Gasteiger charge is -2.28. The molecule has 436 valence electrons. The Morgan fingerprint density at radius 1 is 0.341 bits per heavy atom. The highest BCUT2D eigenvalue weighted by molar-refractivity contribution is 6.10. The summed E-state index contributed by atoms with van der Waals surface area (Å²) >= 11 is 0. The number of benzene rings is 9. The van der Waals surface area contributed by atoms with Crippen LogP contribution in [0.15, 0.2) is 194 Å². The number of aromatic nitrogens is 1. The van der Waals surface area contributed by atoms with E-state index in [1.54, 1.807) is 0 Å². The molecule has 2 nitrogen and oxygen atoms in total.